The van der Waals surface area contributed by atoms with Gasteiger partial charge in [0.15, 0.2) is 0 Å². The highest BCUT2D eigenvalue weighted by molar-refractivity contribution is 6.34. The fraction of sp³-hybridized carbons (Fsp3) is 0.533. The van der Waals surface area contributed by atoms with Crippen molar-refractivity contribution in [1.29, 1.82) is 0 Å². The Balaban J connectivity index is 2.51. The van der Waals surface area contributed by atoms with Crippen LogP contribution in [0.4, 0.5) is 11.4 Å². The maximum Gasteiger partial charge on any atom is 0.340 e. The summed E-state index contributed by atoms with van der Waals surface area (Å²) in [4.78, 5) is 14.2. The molecule has 0 radical (unpaired) electrons. The molecule has 1 fully saturated rings. The number of ether oxygens (including phenoxy) is 1. The van der Waals surface area contributed by atoms with Crippen LogP contribution in [0.3, 0.4) is 0 Å². The summed E-state index contributed by atoms with van der Waals surface area (Å²) in [5, 5.41) is 0.506. The van der Waals surface area contributed by atoms with Crippen LogP contribution in [0.25, 0.3) is 0 Å². The van der Waals surface area contributed by atoms with E-state index in [-0.39, 0.29) is 0 Å². The van der Waals surface area contributed by atoms with Crippen LogP contribution in [0.5, 0.6) is 0 Å². The number of piperidine rings is 1. The third-order valence-corrected chi connectivity index (χ3v) is 4.18. The Labute approximate surface area is 124 Å². The number of benzene rings is 1. The van der Waals surface area contributed by atoms with Crippen LogP contribution in [-0.2, 0) is 4.74 Å². The van der Waals surface area contributed by atoms with Crippen molar-refractivity contribution in [2.45, 2.75) is 32.7 Å². The summed E-state index contributed by atoms with van der Waals surface area (Å²) in [6.45, 7) is 5.25. The molecule has 0 aliphatic carbocycles. The highest BCUT2D eigenvalue weighted by Gasteiger charge is 2.28. The highest BCUT2D eigenvalue weighted by Crippen LogP contribution is 2.37. The molecule has 1 aliphatic heterocycles. The summed E-state index contributed by atoms with van der Waals surface area (Å²) in [5.41, 5.74) is 7.46. The third-order valence-electron chi connectivity index (χ3n) is 3.90. The second-order valence-electron chi connectivity index (χ2n) is 5.57. The van der Waals surface area contributed by atoms with Crippen LogP contribution in [0.15, 0.2) is 12.1 Å². The van der Waals surface area contributed by atoms with Crippen molar-refractivity contribution in [2.75, 3.05) is 24.3 Å². The minimum atomic E-state index is -0.403. The van der Waals surface area contributed by atoms with Gasteiger partial charge in [-0.15, -0.1) is 0 Å². The Bertz CT molecular complexity index is 519. The van der Waals surface area contributed by atoms with Gasteiger partial charge < -0.3 is 15.4 Å². The molecule has 0 bridgehead atoms. The number of carbonyl (C=O) groups excluding carboxylic acids is 1. The first-order valence-electron chi connectivity index (χ1n) is 6.88. The topological polar surface area (TPSA) is 55.6 Å². The zero-order chi connectivity index (χ0) is 14.9. The number of anilines is 2. The van der Waals surface area contributed by atoms with Gasteiger partial charge in [0.1, 0.15) is 0 Å². The van der Waals surface area contributed by atoms with Crippen LogP contribution < -0.4 is 10.6 Å². The lowest BCUT2D eigenvalue weighted by atomic mass is 9.93. The second kappa shape index (κ2) is 5.92. The maximum absolute atomic E-state index is 12.0. The molecule has 20 heavy (non-hydrogen) atoms. The van der Waals surface area contributed by atoms with Crippen LogP contribution in [0, 0.1) is 5.92 Å². The van der Waals surface area contributed by atoms with Crippen molar-refractivity contribution < 1.29 is 9.53 Å². The van der Waals surface area contributed by atoms with Gasteiger partial charge in [0, 0.05) is 18.3 Å². The minimum absolute atomic E-state index is 0.343. The van der Waals surface area contributed by atoms with E-state index in [1.54, 1.807) is 12.1 Å². The normalized spacial score (nSPS) is 22.7. The van der Waals surface area contributed by atoms with Gasteiger partial charge in [0.2, 0.25) is 0 Å². The molecule has 5 heteroatoms. The Morgan fingerprint density at radius 1 is 1.40 bits per heavy atom. The predicted octanol–water partition coefficient (Wildman–Crippen LogP) is 3.33. The van der Waals surface area contributed by atoms with Gasteiger partial charge in [0.25, 0.3) is 0 Å². The molecule has 4 nitrogen and oxygen atoms in total. The molecule has 2 unspecified atom stereocenters. The molecule has 0 amide bonds. The molecule has 1 aromatic rings. The molecule has 0 aromatic heterocycles. The fourth-order valence-corrected chi connectivity index (χ4v) is 3.11. The van der Waals surface area contributed by atoms with Crippen molar-refractivity contribution in [1.82, 2.24) is 0 Å². The molecule has 0 saturated carbocycles. The number of carbonyl (C=O) groups is 1. The number of nitrogens with two attached hydrogens (primary N) is 1. The summed E-state index contributed by atoms with van der Waals surface area (Å²) in [7, 11) is 1.37. The summed E-state index contributed by atoms with van der Waals surface area (Å²) >= 11 is 6.35. The van der Waals surface area contributed by atoms with Crippen molar-refractivity contribution in [2.24, 2.45) is 5.92 Å². The molecule has 1 saturated heterocycles. The molecule has 0 spiro atoms. The predicted molar refractivity (Wildman–Crippen MR) is 82.4 cm³/mol. The quantitative estimate of drug-likeness (QED) is 0.672. The van der Waals surface area contributed by atoms with E-state index in [9.17, 15) is 4.79 Å². The Hall–Kier alpha value is -1.42. The molecule has 1 aromatic carbocycles. The highest BCUT2D eigenvalue weighted by atomic mass is 35.5. The number of nitrogen functional groups attached to an aromatic ring is 1. The van der Waals surface area contributed by atoms with E-state index in [2.05, 4.69) is 18.7 Å². The van der Waals surface area contributed by atoms with Gasteiger partial charge in [-0.05, 0) is 37.8 Å². The smallest absolute Gasteiger partial charge is 0.340 e. The number of rotatable bonds is 2. The van der Waals surface area contributed by atoms with E-state index < -0.39 is 5.97 Å². The van der Waals surface area contributed by atoms with E-state index >= 15 is 0 Å². The van der Waals surface area contributed by atoms with E-state index in [0.29, 0.717) is 28.2 Å². The average Bonchev–Trinajstić information content (AvgIpc) is 2.40. The van der Waals surface area contributed by atoms with Crippen LogP contribution in [0.2, 0.25) is 5.02 Å². The molecule has 2 N–H and O–H groups in total. The number of methoxy groups -OCH3 is 1. The van der Waals surface area contributed by atoms with E-state index in [1.807, 2.05) is 0 Å². The lowest BCUT2D eigenvalue weighted by Gasteiger charge is -2.39. The van der Waals surface area contributed by atoms with E-state index in [1.165, 1.54) is 13.5 Å². The van der Waals surface area contributed by atoms with Crippen LogP contribution >= 0.6 is 11.6 Å². The first-order valence-corrected chi connectivity index (χ1v) is 7.25. The fourth-order valence-electron chi connectivity index (χ4n) is 2.78. The van der Waals surface area contributed by atoms with Gasteiger partial charge in [-0.25, -0.2) is 4.79 Å². The zero-order valence-electron chi connectivity index (χ0n) is 12.1. The van der Waals surface area contributed by atoms with Crippen molar-refractivity contribution >= 4 is 28.9 Å². The average molecular weight is 297 g/mol. The van der Waals surface area contributed by atoms with Crippen molar-refractivity contribution in [3.63, 3.8) is 0 Å². The molecule has 110 valence electrons. The number of nitrogens with zero attached hydrogens (tertiary/aromatic N) is 1. The minimum Gasteiger partial charge on any atom is -0.465 e. The van der Waals surface area contributed by atoms with Gasteiger partial charge in [-0.2, -0.15) is 0 Å². The standard InChI is InChI=1S/C15H21ClN2O2/c1-9-4-5-10(2)18(8-9)14-12(15(19)20-3)6-11(17)7-13(14)16/h6-7,9-10H,4-5,8,17H2,1-3H3. The number of hydrogen-bond donors (Lipinski definition) is 1. The number of esters is 1. The Morgan fingerprint density at radius 3 is 2.75 bits per heavy atom. The van der Waals surface area contributed by atoms with E-state index in [0.717, 1.165) is 18.7 Å². The van der Waals surface area contributed by atoms with E-state index in [4.69, 9.17) is 22.1 Å². The lowest BCUT2D eigenvalue weighted by molar-refractivity contribution is 0.0601. The van der Waals surface area contributed by atoms with Crippen LogP contribution in [-0.4, -0.2) is 25.7 Å². The summed E-state index contributed by atoms with van der Waals surface area (Å²) in [5.74, 6) is 0.171. The summed E-state index contributed by atoms with van der Waals surface area (Å²) in [6.07, 6.45) is 2.28. The molecule has 2 atom stereocenters. The zero-order valence-corrected chi connectivity index (χ0v) is 12.9. The van der Waals surface area contributed by atoms with Gasteiger partial charge in [-0.3, -0.25) is 0 Å². The SMILES string of the molecule is COC(=O)c1cc(N)cc(Cl)c1N1CC(C)CCC1C. The van der Waals surface area contributed by atoms with Gasteiger partial charge in [0.05, 0.1) is 23.4 Å². The van der Waals surface area contributed by atoms with Gasteiger partial charge >= 0.3 is 5.97 Å². The molecule has 1 heterocycles. The molecule has 1 aliphatic rings. The van der Waals surface area contributed by atoms with Crippen molar-refractivity contribution in [3.05, 3.63) is 22.7 Å². The molecular formula is C15H21ClN2O2. The Kier molecular flexibility index (Phi) is 4.43. The lowest BCUT2D eigenvalue weighted by Crippen LogP contribution is -2.42. The van der Waals surface area contributed by atoms with Crippen molar-refractivity contribution in [3.8, 4) is 0 Å². The summed E-state index contributed by atoms with van der Waals surface area (Å²) in [6, 6.07) is 3.67. The first-order chi connectivity index (χ1) is 9.43. The second-order valence-corrected chi connectivity index (χ2v) is 5.98. The first kappa shape index (κ1) is 15.0. The maximum atomic E-state index is 12.0. The van der Waals surface area contributed by atoms with Crippen LogP contribution in [0.1, 0.15) is 37.0 Å². The number of hydrogen-bond acceptors (Lipinski definition) is 4. The number of halogens is 1. The summed E-state index contributed by atoms with van der Waals surface area (Å²) < 4.78 is 4.86. The van der Waals surface area contributed by atoms with Gasteiger partial charge in [-0.1, -0.05) is 18.5 Å². The molecule has 2 rings (SSSR count). The third kappa shape index (κ3) is 2.85. The largest absolute Gasteiger partial charge is 0.465 e. The Morgan fingerprint density at radius 2 is 2.10 bits per heavy atom. The molecular weight excluding hydrogens is 276 g/mol. The monoisotopic (exact) mass is 296 g/mol.